The number of hydrogen-bond donors (Lipinski definition) is 2. The monoisotopic (exact) mass is 491 g/mol. The van der Waals surface area contributed by atoms with Gasteiger partial charge in [0.1, 0.15) is 5.75 Å². The van der Waals surface area contributed by atoms with Crippen molar-refractivity contribution in [3.8, 4) is 22.9 Å². The van der Waals surface area contributed by atoms with Crippen molar-refractivity contribution in [2.75, 3.05) is 18.1 Å². The number of nitriles is 1. The quantitative estimate of drug-likeness (QED) is 0.454. The van der Waals surface area contributed by atoms with E-state index in [4.69, 9.17) is 10.00 Å². The molecule has 182 valence electrons. The number of methoxy groups -OCH3 is 1. The molecule has 8 heteroatoms. The summed E-state index contributed by atoms with van der Waals surface area (Å²) in [6.45, 7) is 6.24. The first kappa shape index (κ1) is 25.8. The second-order valence-electron chi connectivity index (χ2n) is 9.29. The van der Waals surface area contributed by atoms with Crippen molar-refractivity contribution in [1.29, 1.82) is 5.26 Å². The third-order valence-corrected chi connectivity index (χ3v) is 5.96. The number of anilines is 1. The molecule has 0 aliphatic rings. The molecule has 0 saturated carbocycles. The van der Waals surface area contributed by atoms with E-state index in [1.807, 2.05) is 42.5 Å². The van der Waals surface area contributed by atoms with Crippen LogP contribution in [0.1, 0.15) is 43.2 Å². The van der Waals surface area contributed by atoms with E-state index < -0.39 is 10.0 Å². The summed E-state index contributed by atoms with van der Waals surface area (Å²) in [5.74, 6) is 0.713. The summed E-state index contributed by atoms with van der Waals surface area (Å²) in [4.78, 5) is 15.6. The summed E-state index contributed by atoms with van der Waals surface area (Å²) < 4.78 is 31.1. The van der Waals surface area contributed by atoms with Gasteiger partial charge in [-0.1, -0.05) is 45.1 Å². The fourth-order valence-corrected chi connectivity index (χ4v) is 4.27. The van der Waals surface area contributed by atoms with Crippen molar-refractivity contribution in [3.63, 3.8) is 0 Å². The van der Waals surface area contributed by atoms with Gasteiger partial charge in [0.25, 0.3) is 5.56 Å². The minimum absolute atomic E-state index is 0.137. The number of pyridine rings is 1. The van der Waals surface area contributed by atoms with E-state index >= 15 is 0 Å². The lowest BCUT2D eigenvalue weighted by molar-refractivity contribution is 0.397. The number of rotatable bonds is 7. The number of benzene rings is 2. The van der Waals surface area contributed by atoms with Crippen LogP contribution in [0.2, 0.25) is 0 Å². The van der Waals surface area contributed by atoms with Gasteiger partial charge in [-0.3, -0.25) is 9.52 Å². The maximum Gasteiger partial charge on any atom is 0.256 e. The molecule has 0 spiro atoms. The van der Waals surface area contributed by atoms with Crippen LogP contribution in [0.3, 0.4) is 0 Å². The zero-order valence-corrected chi connectivity index (χ0v) is 21.3. The largest absolute Gasteiger partial charge is 0.496 e. The third-order valence-electron chi connectivity index (χ3n) is 5.35. The van der Waals surface area contributed by atoms with Gasteiger partial charge in [0.2, 0.25) is 10.0 Å². The lowest BCUT2D eigenvalue weighted by Gasteiger charge is -2.24. The summed E-state index contributed by atoms with van der Waals surface area (Å²) in [5.41, 5.74) is 4.41. The zero-order valence-electron chi connectivity index (χ0n) is 20.5. The van der Waals surface area contributed by atoms with Crippen molar-refractivity contribution in [1.82, 2.24) is 4.98 Å². The Labute approximate surface area is 206 Å². The maximum atomic E-state index is 12.8. The molecule has 0 atom stereocenters. The Kier molecular flexibility index (Phi) is 7.51. The normalized spacial score (nSPS) is 11.9. The number of ether oxygens (including phenoxy) is 1. The summed E-state index contributed by atoms with van der Waals surface area (Å²) in [6, 6.07) is 16.4. The first-order chi connectivity index (χ1) is 16.4. The van der Waals surface area contributed by atoms with Gasteiger partial charge in [-0.25, -0.2) is 8.42 Å². The van der Waals surface area contributed by atoms with E-state index in [1.54, 1.807) is 31.4 Å². The predicted octanol–water partition coefficient (Wildman–Crippen LogP) is 4.96. The molecule has 0 radical (unpaired) electrons. The molecule has 2 N–H and O–H groups in total. The SMILES string of the molecule is COc1c(/C=C/c2ccc(NS(C)(=O)=O)cc2)cc(-c2ccc(CC#N)[nH]c2=O)cc1C(C)(C)C. The Bertz CT molecular complexity index is 1460. The highest BCUT2D eigenvalue weighted by Gasteiger charge is 2.23. The molecule has 3 aromatic rings. The number of H-pyrrole nitrogens is 1. The number of aromatic amines is 1. The van der Waals surface area contributed by atoms with Crippen LogP contribution in [0.25, 0.3) is 23.3 Å². The topological polar surface area (TPSA) is 112 Å². The number of aromatic nitrogens is 1. The van der Waals surface area contributed by atoms with Crippen LogP contribution in [0.5, 0.6) is 5.75 Å². The molecular formula is C27H29N3O4S. The van der Waals surface area contributed by atoms with Crippen molar-refractivity contribution >= 4 is 27.9 Å². The third kappa shape index (κ3) is 6.61. The minimum atomic E-state index is -3.34. The van der Waals surface area contributed by atoms with Gasteiger partial charge >= 0.3 is 0 Å². The number of sulfonamides is 1. The van der Waals surface area contributed by atoms with Crippen molar-refractivity contribution in [2.24, 2.45) is 0 Å². The molecule has 0 unspecified atom stereocenters. The predicted molar refractivity (Wildman–Crippen MR) is 141 cm³/mol. The number of nitrogens with one attached hydrogen (secondary N) is 2. The van der Waals surface area contributed by atoms with E-state index in [2.05, 4.69) is 30.5 Å². The van der Waals surface area contributed by atoms with Gasteiger partial charge in [0, 0.05) is 28.1 Å². The van der Waals surface area contributed by atoms with Gasteiger partial charge in [0.05, 0.1) is 25.9 Å². The van der Waals surface area contributed by atoms with E-state index in [0.717, 1.165) is 28.5 Å². The highest BCUT2D eigenvalue weighted by molar-refractivity contribution is 7.92. The maximum absolute atomic E-state index is 12.8. The average molecular weight is 492 g/mol. The molecule has 1 heterocycles. The molecule has 1 aromatic heterocycles. The smallest absolute Gasteiger partial charge is 0.256 e. The van der Waals surface area contributed by atoms with Crippen LogP contribution in [0.4, 0.5) is 5.69 Å². The van der Waals surface area contributed by atoms with Crippen molar-refractivity contribution in [2.45, 2.75) is 32.6 Å². The number of nitrogens with zero attached hydrogens (tertiary/aromatic N) is 1. The molecule has 0 saturated heterocycles. The van der Waals surface area contributed by atoms with Crippen molar-refractivity contribution in [3.05, 3.63) is 81.3 Å². The molecule has 7 nitrogen and oxygen atoms in total. The summed E-state index contributed by atoms with van der Waals surface area (Å²) >= 11 is 0. The Balaban J connectivity index is 2.08. The Hall–Kier alpha value is -3.83. The molecule has 0 aliphatic heterocycles. The Morgan fingerprint density at radius 3 is 2.31 bits per heavy atom. The van der Waals surface area contributed by atoms with Crippen LogP contribution in [-0.4, -0.2) is 26.8 Å². The van der Waals surface area contributed by atoms with Crippen LogP contribution in [0.15, 0.2) is 53.3 Å². The van der Waals surface area contributed by atoms with Gasteiger partial charge < -0.3 is 9.72 Å². The van der Waals surface area contributed by atoms with Gasteiger partial charge in [0.15, 0.2) is 0 Å². The summed E-state index contributed by atoms with van der Waals surface area (Å²) in [6.07, 6.45) is 5.06. The summed E-state index contributed by atoms with van der Waals surface area (Å²) in [7, 11) is -1.72. The van der Waals surface area contributed by atoms with Crippen molar-refractivity contribution < 1.29 is 13.2 Å². The lowest BCUT2D eigenvalue weighted by Crippen LogP contribution is -2.15. The van der Waals surface area contributed by atoms with E-state index in [0.29, 0.717) is 22.7 Å². The van der Waals surface area contributed by atoms with Crippen LogP contribution >= 0.6 is 0 Å². The highest BCUT2D eigenvalue weighted by atomic mass is 32.2. The fraction of sp³-hybridized carbons (Fsp3) is 0.259. The lowest BCUT2D eigenvalue weighted by atomic mass is 9.83. The Morgan fingerprint density at radius 1 is 1.09 bits per heavy atom. The molecule has 35 heavy (non-hydrogen) atoms. The zero-order chi connectivity index (χ0) is 25.8. The molecule has 0 aliphatic carbocycles. The van der Waals surface area contributed by atoms with E-state index in [9.17, 15) is 13.2 Å². The standard InChI is InChI=1S/C27H29N3O4S/c1-27(2,3)24-17-20(23-13-12-21(14-15-28)29-26(23)31)16-19(25(24)34-4)9-6-18-7-10-22(11-8-18)30-35(5,32)33/h6-13,16-17,30H,14H2,1-5H3,(H,29,31)/b9-6+. The van der Waals surface area contributed by atoms with Gasteiger partial charge in [-0.05, 0) is 52.9 Å². The molecule has 0 amide bonds. The van der Waals surface area contributed by atoms with E-state index in [-0.39, 0.29) is 17.4 Å². The highest BCUT2D eigenvalue weighted by Crippen LogP contribution is 2.38. The Morgan fingerprint density at radius 2 is 1.77 bits per heavy atom. The first-order valence-electron chi connectivity index (χ1n) is 11.0. The summed E-state index contributed by atoms with van der Waals surface area (Å²) in [5, 5.41) is 8.91. The van der Waals surface area contributed by atoms with Gasteiger partial charge in [-0.15, -0.1) is 0 Å². The van der Waals surface area contributed by atoms with Crippen LogP contribution in [-0.2, 0) is 21.9 Å². The minimum Gasteiger partial charge on any atom is -0.496 e. The second kappa shape index (κ2) is 10.2. The molecular weight excluding hydrogens is 462 g/mol. The molecule has 0 fully saturated rings. The molecule has 2 aromatic carbocycles. The average Bonchev–Trinajstić information content (AvgIpc) is 2.76. The molecule has 3 rings (SSSR count). The fourth-order valence-electron chi connectivity index (χ4n) is 3.71. The van der Waals surface area contributed by atoms with Crippen LogP contribution in [0, 0.1) is 11.3 Å². The van der Waals surface area contributed by atoms with Gasteiger partial charge in [-0.2, -0.15) is 5.26 Å². The molecule has 0 bridgehead atoms. The van der Waals surface area contributed by atoms with E-state index in [1.165, 1.54) is 0 Å². The first-order valence-corrected chi connectivity index (χ1v) is 12.9. The second-order valence-corrected chi connectivity index (χ2v) is 11.0. The van der Waals surface area contributed by atoms with Crippen LogP contribution < -0.4 is 15.0 Å². The number of hydrogen-bond acceptors (Lipinski definition) is 5.